The number of carbonyl (C=O) groups is 1. The number of allylic oxidation sites excluding steroid dienone is 1. The lowest BCUT2D eigenvalue weighted by molar-refractivity contribution is 0.0696. The van der Waals surface area contributed by atoms with Gasteiger partial charge in [0, 0.05) is 36.3 Å². The van der Waals surface area contributed by atoms with Gasteiger partial charge in [-0.1, -0.05) is 53.5 Å². The second-order valence-electron chi connectivity index (χ2n) is 9.36. The molecule has 0 unspecified atom stereocenters. The van der Waals surface area contributed by atoms with Crippen LogP contribution in [0.5, 0.6) is 0 Å². The lowest BCUT2D eigenvalue weighted by atomic mass is 9.79. The van der Waals surface area contributed by atoms with E-state index in [9.17, 15) is 4.79 Å². The SMILES string of the molecule is CC1(C=Cc2c(-c3c(Cl)cccc3Cl)noc2C2CC2)CCN(c2ccc(C(=O)O)cn2)CC1. The van der Waals surface area contributed by atoms with Gasteiger partial charge in [-0.05, 0) is 55.4 Å². The number of benzene rings is 1. The predicted octanol–water partition coefficient (Wildman–Crippen LogP) is 6.94. The fourth-order valence-corrected chi connectivity index (χ4v) is 4.99. The van der Waals surface area contributed by atoms with Gasteiger partial charge >= 0.3 is 5.97 Å². The summed E-state index contributed by atoms with van der Waals surface area (Å²) in [5.41, 5.74) is 2.56. The fraction of sp³-hybridized carbons (Fsp3) is 0.346. The molecule has 1 saturated carbocycles. The number of carboxylic acids is 1. The fourth-order valence-electron chi connectivity index (χ4n) is 4.41. The molecule has 0 amide bonds. The Morgan fingerprint density at radius 2 is 1.88 bits per heavy atom. The Morgan fingerprint density at radius 3 is 2.47 bits per heavy atom. The standard InChI is InChI=1S/C26H25Cl2N3O3/c1-26(11-13-31(14-12-26)21-8-7-17(15-29-21)25(32)33)10-9-18-23(30-34-24(18)16-5-6-16)22-19(27)3-2-4-20(22)28/h2-4,7-10,15-16H,5-6,11-14H2,1H3,(H,32,33). The molecule has 5 rings (SSSR count). The summed E-state index contributed by atoms with van der Waals surface area (Å²) in [5.74, 6) is 1.15. The van der Waals surface area contributed by atoms with Crippen LogP contribution in [0.2, 0.25) is 10.0 Å². The van der Waals surface area contributed by atoms with Crippen molar-refractivity contribution in [3.05, 3.63) is 69.5 Å². The van der Waals surface area contributed by atoms with Crippen molar-refractivity contribution in [2.45, 2.75) is 38.5 Å². The predicted molar refractivity (Wildman–Crippen MR) is 134 cm³/mol. The molecule has 0 spiro atoms. The molecule has 2 fully saturated rings. The van der Waals surface area contributed by atoms with Crippen molar-refractivity contribution < 1.29 is 14.4 Å². The third-order valence-corrected chi connectivity index (χ3v) is 7.41. The molecule has 0 atom stereocenters. The number of hydrogen-bond donors (Lipinski definition) is 1. The quantitative estimate of drug-likeness (QED) is 0.397. The molecule has 0 bridgehead atoms. The molecule has 1 aliphatic heterocycles. The van der Waals surface area contributed by atoms with Crippen LogP contribution in [0.25, 0.3) is 17.3 Å². The number of anilines is 1. The number of pyridine rings is 1. The number of piperidine rings is 1. The van der Waals surface area contributed by atoms with Gasteiger partial charge in [0.2, 0.25) is 0 Å². The van der Waals surface area contributed by atoms with Crippen LogP contribution in [0.3, 0.4) is 0 Å². The Hall–Kier alpha value is -2.83. The Bertz CT molecular complexity index is 1220. The Morgan fingerprint density at radius 1 is 1.18 bits per heavy atom. The minimum atomic E-state index is -0.966. The Kier molecular flexibility index (Phi) is 6.13. The summed E-state index contributed by atoms with van der Waals surface area (Å²) in [6, 6.07) is 8.84. The van der Waals surface area contributed by atoms with Gasteiger partial charge < -0.3 is 14.5 Å². The second-order valence-corrected chi connectivity index (χ2v) is 10.2. The Labute approximate surface area is 208 Å². The topological polar surface area (TPSA) is 79.5 Å². The van der Waals surface area contributed by atoms with Crippen LogP contribution in [-0.4, -0.2) is 34.3 Å². The van der Waals surface area contributed by atoms with E-state index in [-0.39, 0.29) is 11.0 Å². The third-order valence-electron chi connectivity index (χ3n) is 6.78. The van der Waals surface area contributed by atoms with E-state index in [2.05, 4.69) is 34.1 Å². The lowest BCUT2D eigenvalue weighted by Crippen LogP contribution is -2.38. The number of carboxylic acid groups (broad SMARTS) is 1. The summed E-state index contributed by atoms with van der Waals surface area (Å²) < 4.78 is 5.78. The van der Waals surface area contributed by atoms with Crippen LogP contribution >= 0.6 is 23.2 Å². The van der Waals surface area contributed by atoms with Gasteiger partial charge in [0.25, 0.3) is 0 Å². The number of hydrogen-bond acceptors (Lipinski definition) is 5. The Balaban J connectivity index is 1.36. The van der Waals surface area contributed by atoms with E-state index in [1.807, 2.05) is 18.2 Å². The van der Waals surface area contributed by atoms with E-state index in [0.29, 0.717) is 27.2 Å². The smallest absolute Gasteiger partial charge is 0.337 e. The van der Waals surface area contributed by atoms with Gasteiger partial charge in [-0.15, -0.1) is 0 Å². The van der Waals surface area contributed by atoms with E-state index < -0.39 is 5.97 Å². The second kappa shape index (κ2) is 9.08. The monoisotopic (exact) mass is 497 g/mol. The van der Waals surface area contributed by atoms with E-state index in [1.54, 1.807) is 12.1 Å². The normalized spacial score (nSPS) is 17.9. The van der Waals surface area contributed by atoms with Gasteiger partial charge in [-0.3, -0.25) is 0 Å². The average Bonchev–Trinajstić information content (AvgIpc) is 3.58. The molecular formula is C26H25Cl2N3O3. The zero-order valence-corrected chi connectivity index (χ0v) is 20.3. The molecule has 2 aromatic heterocycles. The van der Waals surface area contributed by atoms with Crippen molar-refractivity contribution in [1.29, 1.82) is 0 Å². The molecule has 1 saturated heterocycles. The molecule has 176 valence electrons. The summed E-state index contributed by atoms with van der Waals surface area (Å²) in [5, 5.41) is 14.6. The van der Waals surface area contributed by atoms with Crippen molar-refractivity contribution in [2.75, 3.05) is 18.0 Å². The highest BCUT2D eigenvalue weighted by molar-refractivity contribution is 6.39. The minimum absolute atomic E-state index is 0.00283. The van der Waals surface area contributed by atoms with E-state index >= 15 is 0 Å². The van der Waals surface area contributed by atoms with Crippen molar-refractivity contribution in [2.24, 2.45) is 5.41 Å². The number of nitrogens with zero attached hydrogens (tertiary/aromatic N) is 3. The van der Waals surface area contributed by atoms with Gasteiger partial charge in [0.15, 0.2) is 0 Å². The summed E-state index contributed by atoms with van der Waals surface area (Å²) in [7, 11) is 0. The van der Waals surface area contributed by atoms with Crippen molar-refractivity contribution in [3.8, 4) is 11.3 Å². The first-order chi connectivity index (χ1) is 16.3. The largest absolute Gasteiger partial charge is 0.478 e. The molecule has 3 heterocycles. The van der Waals surface area contributed by atoms with E-state index in [0.717, 1.165) is 55.9 Å². The van der Waals surface area contributed by atoms with Crippen LogP contribution in [0.4, 0.5) is 5.82 Å². The molecule has 1 aromatic carbocycles. The summed E-state index contributed by atoms with van der Waals surface area (Å²) in [6.45, 7) is 3.93. The molecule has 8 heteroatoms. The first-order valence-corrected chi connectivity index (χ1v) is 12.2. The van der Waals surface area contributed by atoms with Crippen molar-refractivity contribution in [1.82, 2.24) is 10.1 Å². The highest BCUT2D eigenvalue weighted by atomic mass is 35.5. The molecule has 3 aromatic rings. The van der Waals surface area contributed by atoms with Crippen molar-refractivity contribution >= 4 is 41.1 Å². The molecule has 2 aliphatic rings. The van der Waals surface area contributed by atoms with Crippen LogP contribution in [0.15, 0.2) is 47.1 Å². The maximum Gasteiger partial charge on any atom is 0.337 e. The lowest BCUT2D eigenvalue weighted by Gasteiger charge is -2.38. The van der Waals surface area contributed by atoms with Gasteiger partial charge in [0.1, 0.15) is 17.3 Å². The van der Waals surface area contributed by atoms with Crippen molar-refractivity contribution in [3.63, 3.8) is 0 Å². The first kappa shape index (κ1) is 22.9. The molecular weight excluding hydrogens is 473 g/mol. The van der Waals surface area contributed by atoms with Crippen LogP contribution in [0, 0.1) is 5.41 Å². The highest BCUT2D eigenvalue weighted by Crippen LogP contribution is 2.47. The number of aromatic nitrogens is 2. The van der Waals surface area contributed by atoms with Crippen LogP contribution < -0.4 is 4.90 Å². The summed E-state index contributed by atoms with van der Waals surface area (Å²) >= 11 is 13.0. The average molecular weight is 498 g/mol. The van der Waals surface area contributed by atoms with Crippen LogP contribution in [-0.2, 0) is 0 Å². The number of rotatable bonds is 6. The number of aromatic carboxylic acids is 1. The maximum absolute atomic E-state index is 11.1. The molecule has 6 nitrogen and oxygen atoms in total. The van der Waals surface area contributed by atoms with E-state index in [1.165, 1.54) is 6.20 Å². The zero-order valence-electron chi connectivity index (χ0n) is 18.8. The van der Waals surface area contributed by atoms with E-state index in [4.69, 9.17) is 32.8 Å². The minimum Gasteiger partial charge on any atom is -0.478 e. The summed E-state index contributed by atoms with van der Waals surface area (Å²) in [6.07, 6.45) is 9.90. The van der Waals surface area contributed by atoms with Gasteiger partial charge in [0.05, 0.1) is 15.6 Å². The van der Waals surface area contributed by atoms with Gasteiger partial charge in [-0.2, -0.15) is 0 Å². The third kappa shape index (κ3) is 4.57. The maximum atomic E-state index is 11.1. The zero-order chi connectivity index (χ0) is 23.9. The van der Waals surface area contributed by atoms with Gasteiger partial charge in [-0.25, -0.2) is 9.78 Å². The first-order valence-electron chi connectivity index (χ1n) is 11.4. The molecule has 0 radical (unpaired) electrons. The molecule has 1 N–H and O–H groups in total. The molecule has 1 aliphatic carbocycles. The summed E-state index contributed by atoms with van der Waals surface area (Å²) in [4.78, 5) is 17.6. The highest BCUT2D eigenvalue weighted by Gasteiger charge is 2.34. The van der Waals surface area contributed by atoms with Crippen LogP contribution in [0.1, 0.15) is 60.2 Å². The number of halogens is 2. The molecule has 34 heavy (non-hydrogen) atoms.